The van der Waals surface area contributed by atoms with Crippen molar-refractivity contribution in [2.24, 2.45) is 0 Å². The van der Waals surface area contributed by atoms with Crippen LogP contribution in [0, 0.1) is 0 Å². The monoisotopic (exact) mass is 351 g/mol. The summed E-state index contributed by atoms with van der Waals surface area (Å²) in [6, 6.07) is 17.0. The molecule has 1 fully saturated rings. The van der Waals surface area contributed by atoms with E-state index in [2.05, 4.69) is 17.6 Å². The maximum atomic E-state index is 12.7. The minimum Gasteiger partial charge on any atom is -0.334 e. The predicted octanol–water partition coefficient (Wildman–Crippen LogP) is 3.56. The van der Waals surface area contributed by atoms with Crippen molar-refractivity contribution >= 4 is 17.6 Å². The molecule has 0 unspecified atom stereocenters. The molecule has 2 N–H and O–H groups in total. The van der Waals surface area contributed by atoms with Crippen LogP contribution in [-0.4, -0.2) is 29.4 Å². The van der Waals surface area contributed by atoms with Gasteiger partial charge in [-0.1, -0.05) is 55.5 Å². The second-order valence-electron chi connectivity index (χ2n) is 6.50. The van der Waals surface area contributed by atoms with Gasteiger partial charge >= 0.3 is 6.03 Å². The maximum absolute atomic E-state index is 12.7. The first-order valence-corrected chi connectivity index (χ1v) is 9.16. The fraction of sp³-hybridized carbons (Fsp3) is 0.333. The molecule has 3 rings (SSSR count). The van der Waals surface area contributed by atoms with Gasteiger partial charge in [0.1, 0.15) is 6.04 Å². The molecule has 0 aliphatic carbocycles. The first-order chi connectivity index (χ1) is 12.7. The summed E-state index contributed by atoms with van der Waals surface area (Å²) in [7, 11) is 0. The molecule has 3 amide bonds. The Labute approximate surface area is 154 Å². The second kappa shape index (κ2) is 8.52. The smallest absolute Gasteiger partial charge is 0.318 e. The number of nitrogens with one attached hydrogen (secondary N) is 2. The average molecular weight is 351 g/mol. The minimum absolute atomic E-state index is 0.113. The van der Waals surface area contributed by atoms with Gasteiger partial charge in [-0.25, -0.2) is 4.79 Å². The molecular weight excluding hydrogens is 326 g/mol. The number of benzene rings is 2. The lowest BCUT2D eigenvalue weighted by Gasteiger charge is -2.24. The first kappa shape index (κ1) is 18.0. The molecule has 1 aliphatic heterocycles. The molecule has 1 atom stereocenters. The maximum Gasteiger partial charge on any atom is 0.318 e. The minimum atomic E-state index is -0.421. The zero-order chi connectivity index (χ0) is 18.4. The summed E-state index contributed by atoms with van der Waals surface area (Å²) in [6.07, 6.45) is 2.38. The van der Waals surface area contributed by atoms with Crippen LogP contribution < -0.4 is 10.6 Å². The van der Waals surface area contributed by atoms with E-state index in [9.17, 15) is 9.59 Å². The summed E-state index contributed by atoms with van der Waals surface area (Å²) in [5.41, 5.74) is 2.97. The lowest BCUT2D eigenvalue weighted by molar-refractivity contribution is -0.119. The summed E-state index contributed by atoms with van der Waals surface area (Å²) in [5, 5.41) is 5.92. The van der Waals surface area contributed by atoms with Crippen LogP contribution in [0.3, 0.4) is 0 Å². The number of hydrogen-bond donors (Lipinski definition) is 2. The van der Waals surface area contributed by atoms with E-state index in [1.165, 1.54) is 0 Å². The van der Waals surface area contributed by atoms with Crippen LogP contribution in [0.4, 0.5) is 10.5 Å². The lowest BCUT2D eigenvalue weighted by atomic mass is 10.1. The molecule has 0 bridgehead atoms. The van der Waals surface area contributed by atoms with Crippen molar-refractivity contribution in [3.8, 4) is 0 Å². The number of rotatable bonds is 5. The summed E-state index contributed by atoms with van der Waals surface area (Å²) >= 11 is 0. The van der Waals surface area contributed by atoms with Gasteiger partial charge in [-0.15, -0.1) is 0 Å². The number of para-hydroxylation sites is 1. The van der Waals surface area contributed by atoms with E-state index in [-0.39, 0.29) is 11.9 Å². The van der Waals surface area contributed by atoms with Crippen LogP contribution >= 0.6 is 0 Å². The topological polar surface area (TPSA) is 61.4 Å². The first-order valence-electron chi connectivity index (χ1n) is 9.16. The third-order valence-corrected chi connectivity index (χ3v) is 4.76. The number of carbonyl (C=O) groups is 2. The molecule has 1 aliphatic rings. The SMILES string of the molecule is CCc1ccccc1NC(=O)[C@@H]1CCCN1C(=O)NCc1ccccc1. The van der Waals surface area contributed by atoms with Gasteiger partial charge in [0.2, 0.25) is 5.91 Å². The van der Waals surface area contributed by atoms with Gasteiger partial charge in [-0.2, -0.15) is 0 Å². The van der Waals surface area contributed by atoms with Gasteiger partial charge in [0, 0.05) is 18.8 Å². The van der Waals surface area contributed by atoms with Crippen LogP contribution in [0.15, 0.2) is 54.6 Å². The molecule has 1 saturated heterocycles. The van der Waals surface area contributed by atoms with Crippen molar-refractivity contribution in [1.29, 1.82) is 0 Å². The Hall–Kier alpha value is -2.82. The van der Waals surface area contributed by atoms with Crippen LogP contribution in [0.1, 0.15) is 30.9 Å². The van der Waals surface area contributed by atoms with Crippen molar-refractivity contribution < 1.29 is 9.59 Å². The summed E-state index contributed by atoms with van der Waals surface area (Å²) in [4.78, 5) is 26.9. The lowest BCUT2D eigenvalue weighted by Crippen LogP contribution is -2.47. The quantitative estimate of drug-likeness (QED) is 0.865. The number of nitrogens with zero attached hydrogens (tertiary/aromatic N) is 1. The molecule has 26 heavy (non-hydrogen) atoms. The number of anilines is 1. The Morgan fingerprint density at radius 2 is 1.81 bits per heavy atom. The van der Waals surface area contributed by atoms with Crippen LogP contribution in [0.2, 0.25) is 0 Å². The molecule has 0 spiro atoms. The van der Waals surface area contributed by atoms with E-state index in [4.69, 9.17) is 0 Å². The number of likely N-dealkylation sites (tertiary alicyclic amines) is 1. The van der Waals surface area contributed by atoms with Gasteiger partial charge in [0.25, 0.3) is 0 Å². The Morgan fingerprint density at radius 1 is 1.08 bits per heavy atom. The average Bonchev–Trinajstić information content (AvgIpc) is 3.17. The predicted molar refractivity (Wildman–Crippen MR) is 103 cm³/mol. The Balaban J connectivity index is 1.61. The van der Waals surface area contributed by atoms with Crippen LogP contribution in [0.25, 0.3) is 0 Å². The molecular formula is C21H25N3O2. The van der Waals surface area contributed by atoms with E-state index in [1.54, 1.807) is 4.90 Å². The van der Waals surface area contributed by atoms with Crippen molar-refractivity contribution in [2.45, 2.75) is 38.8 Å². The van der Waals surface area contributed by atoms with Crippen molar-refractivity contribution in [2.75, 3.05) is 11.9 Å². The van der Waals surface area contributed by atoms with Gasteiger partial charge in [0.05, 0.1) is 0 Å². The van der Waals surface area contributed by atoms with E-state index in [0.29, 0.717) is 19.5 Å². The van der Waals surface area contributed by atoms with Gasteiger partial charge < -0.3 is 15.5 Å². The van der Waals surface area contributed by atoms with Gasteiger partial charge in [-0.3, -0.25) is 4.79 Å². The number of hydrogen-bond acceptors (Lipinski definition) is 2. The zero-order valence-electron chi connectivity index (χ0n) is 15.1. The third-order valence-electron chi connectivity index (χ3n) is 4.76. The largest absolute Gasteiger partial charge is 0.334 e. The van der Waals surface area contributed by atoms with Crippen molar-refractivity contribution in [3.63, 3.8) is 0 Å². The molecule has 5 nitrogen and oxygen atoms in total. The standard InChI is InChI=1S/C21H25N3O2/c1-2-17-11-6-7-12-18(17)23-20(25)19-13-8-14-24(19)21(26)22-15-16-9-4-3-5-10-16/h3-7,9-12,19H,2,8,13-15H2,1H3,(H,22,26)(H,23,25)/t19-/m0/s1. The molecule has 0 saturated carbocycles. The summed E-state index contributed by atoms with van der Waals surface area (Å²) in [6.45, 7) is 3.13. The molecule has 2 aromatic carbocycles. The van der Waals surface area contributed by atoms with E-state index in [0.717, 1.165) is 29.7 Å². The van der Waals surface area contributed by atoms with Crippen LogP contribution in [0.5, 0.6) is 0 Å². The molecule has 136 valence electrons. The van der Waals surface area contributed by atoms with Crippen molar-refractivity contribution in [1.82, 2.24) is 10.2 Å². The highest BCUT2D eigenvalue weighted by atomic mass is 16.2. The number of aryl methyl sites for hydroxylation is 1. The van der Waals surface area contributed by atoms with E-state index < -0.39 is 6.04 Å². The highest BCUT2D eigenvalue weighted by molar-refractivity contribution is 5.97. The molecule has 0 radical (unpaired) electrons. The molecule has 1 heterocycles. The number of carbonyl (C=O) groups excluding carboxylic acids is 2. The molecule has 5 heteroatoms. The highest BCUT2D eigenvalue weighted by Gasteiger charge is 2.34. The third kappa shape index (κ3) is 4.23. The van der Waals surface area contributed by atoms with Crippen molar-refractivity contribution in [3.05, 3.63) is 65.7 Å². The zero-order valence-corrected chi connectivity index (χ0v) is 15.1. The van der Waals surface area contributed by atoms with E-state index in [1.807, 2.05) is 54.6 Å². The number of urea groups is 1. The molecule has 0 aromatic heterocycles. The second-order valence-corrected chi connectivity index (χ2v) is 6.50. The van der Waals surface area contributed by atoms with Gasteiger partial charge in [-0.05, 0) is 36.5 Å². The summed E-state index contributed by atoms with van der Waals surface area (Å²) in [5.74, 6) is -0.113. The molecule has 2 aromatic rings. The van der Waals surface area contributed by atoms with E-state index >= 15 is 0 Å². The Morgan fingerprint density at radius 3 is 2.58 bits per heavy atom. The Bertz CT molecular complexity index is 761. The summed E-state index contributed by atoms with van der Waals surface area (Å²) < 4.78 is 0. The highest BCUT2D eigenvalue weighted by Crippen LogP contribution is 2.21. The van der Waals surface area contributed by atoms with Crippen LogP contribution in [-0.2, 0) is 17.8 Å². The number of amides is 3. The normalized spacial score (nSPS) is 16.3. The Kier molecular flexibility index (Phi) is 5.89. The fourth-order valence-electron chi connectivity index (χ4n) is 3.32. The van der Waals surface area contributed by atoms with Gasteiger partial charge in [0.15, 0.2) is 0 Å². The fourth-order valence-corrected chi connectivity index (χ4v) is 3.32.